The van der Waals surface area contributed by atoms with Crippen LogP contribution in [0.5, 0.6) is 0 Å². The number of rotatable bonds is 2. The molecule has 1 saturated carbocycles. The van der Waals surface area contributed by atoms with Crippen LogP contribution in [0.15, 0.2) is 30.3 Å². The van der Waals surface area contributed by atoms with E-state index in [1.54, 1.807) is 0 Å². The molecule has 2 atom stereocenters. The third-order valence-electron chi connectivity index (χ3n) is 4.28. The molecule has 1 aromatic carbocycles. The summed E-state index contributed by atoms with van der Waals surface area (Å²) in [5, 5.41) is 0. The lowest BCUT2D eigenvalue weighted by Crippen LogP contribution is -2.38. The average molecular weight is 230 g/mol. The van der Waals surface area contributed by atoms with Crippen molar-refractivity contribution in [1.29, 1.82) is 0 Å². The zero-order valence-electron chi connectivity index (χ0n) is 11.1. The molecule has 0 heterocycles. The van der Waals surface area contributed by atoms with Gasteiger partial charge in [-0.2, -0.15) is 0 Å². The summed E-state index contributed by atoms with van der Waals surface area (Å²) in [6, 6.07) is 10.4. The zero-order valence-corrected chi connectivity index (χ0v) is 11.1. The summed E-state index contributed by atoms with van der Waals surface area (Å²) in [6.07, 6.45) is 3.00. The van der Waals surface area contributed by atoms with Crippen LogP contribution >= 0.6 is 0 Å². The number of benzene rings is 1. The normalized spacial score (nSPS) is 25.9. The number of ketones is 1. The van der Waals surface area contributed by atoms with Crippen molar-refractivity contribution in [3.63, 3.8) is 0 Å². The van der Waals surface area contributed by atoms with E-state index in [0.29, 0.717) is 11.7 Å². The van der Waals surface area contributed by atoms with Crippen LogP contribution in [0.25, 0.3) is 0 Å². The van der Waals surface area contributed by atoms with Crippen LogP contribution in [0.2, 0.25) is 0 Å². The molecule has 1 aliphatic rings. The number of carbonyl (C=O) groups excluding carboxylic acids is 1. The second-order valence-corrected chi connectivity index (χ2v) is 5.99. The quantitative estimate of drug-likeness (QED) is 0.751. The molecule has 0 aliphatic heterocycles. The fraction of sp³-hybridized carbons (Fsp3) is 0.562. The molecule has 0 radical (unpaired) electrons. The number of Topliss-reactive ketones (excluding diaryl/α,β-unsaturated/α-hetero) is 1. The molecule has 2 rings (SSSR count). The number of hydrogen-bond donors (Lipinski definition) is 0. The summed E-state index contributed by atoms with van der Waals surface area (Å²) < 4.78 is 0. The molecule has 0 aromatic heterocycles. The van der Waals surface area contributed by atoms with Crippen molar-refractivity contribution in [2.45, 2.75) is 45.4 Å². The van der Waals surface area contributed by atoms with Gasteiger partial charge in [0.15, 0.2) is 0 Å². The Morgan fingerprint density at radius 2 is 1.76 bits per heavy atom. The number of carbonyl (C=O) groups is 1. The van der Waals surface area contributed by atoms with E-state index >= 15 is 0 Å². The Bertz CT molecular complexity index is 391. The van der Waals surface area contributed by atoms with Crippen molar-refractivity contribution < 1.29 is 4.79 Å². The minimum atomic E-state index is -0.0293. The SMILES string of the molecule is C[C@@H]1CC[C@@H](C(C)(C)c2ccccc2)C(=O)C1. The molecule has 0 N–H and O–H groups in total. The predicted molar refractivity (Wildman–Crippen MR) is 71.0 cm³/mol. The second-order valence-electron chi connectivity index (χ2n) is 5.99. The smallest absolute Gasteiger partial charge is 0.137 e. The monoisotopic (exact) mass is 230 g/mol. The lowest BCUT2D eigenvalue weighted by molar-refractivity contribution is -0.128. The molecule has 1 aliphatic carbocycles. The lowest BCUT2D eigenvalue weighted by atomic mass is 9.65. The van der Waals surface area contributed by atoms with Crippen LogP contribution in [0.4, 0.5) is 0 Å². The molecule has 92 valence electrons. The summed E-state index contributed by atoms with van der Waals surface area (Å²) in [4.78, 5) is 12.2. The molecule has 0 amide bonds. The molecule has 1 nitrogen and oxygen atoms in total. The summed E-state index contributed by atoms with van der Waals surface area (Å²) >= 11 is 0. The van der Waals surface area contributed by atoms with E-state index in [4.69, 9.17) is 0 Å². The van der Waals surface area contributed by atoms with Crippen LogP contribution in [-0.2, 0) is 10.2 Å². The van der Waals surface area contributed by atoms with Crippen molar-refractivity contribution >= 4 is 5.78 Å². The average Bonchev–Trinajstić information content (AvgIpc) is 2.29. The third kappa shape index (κ3) is 2.43. The van der Waals surface area contributed by atoms with E-state index in [1.807, 2.05) is 6.07 Å². The van der Waals surface area contributed by atoms with E-state index in [-0.39, 0.29) is 11.3 Å². The van der Waals surface area contributed by atoms with Gasteiger partial charge in [0, 0.05) is 12.3 Å². The Balaban J connectivity index is 2.24. The first-order valence-electron chi connectivity index (χ1n) is 6.60. The Morgan fingerprint density at radius 1 is 1.12 bits per heavy atom. The van der Waals surface area contributed by atoms with E-state index in [9.17, 15) is 4.79 Å². The third-order valence-corrected chi connectivity index (χ3v) is 4.28. The topological polar surface area (TPSA) is 17.1 Å². The molecule has 1 heteroatoms. The minimum Gasteiger partial charge on any atom is -0.299 e. The van der Waals surface area contributed by atoms with Gasteiger partial charge in [0.2, 0.25) is 0 Å². The van der Waals surface area contributed by atoms with Gasteiger partial charge in [-0.3, -0.25) is 4.79 Å². The first kappa shape index (κ1) is 12.3. The highest BCUT2D eigenvalue weighted by Crippen LogP contribution is 2.40. The molecule has 0 unspecified atom stereocenters. The van der Waals surface area contributed by atoms with Gasteiger partial charge >= 0.3 is 0 Å². The fourth-order valence-corrected chi connectivity index (χ4v) is 3.03. The van der Waals surface area contributed by atoms with Gasteiger partial charge in [0.1, 0.15) is 5.78 Å². The molecular formula is C16H22O. The minimum absolute atomic E-state index is 0.0293. The van der Waals surface area contributed by atoms with Gasteiger partial charge < -0.3 is 0 Å². The largest absolute Gasteiger partial charge is 0.299 e. The maximum absolute atomic E-state index is 12.2. The van der Waals surface area contributed by atoms with Gasteiger partial charge in [-0.1, -0.05) is 51.1 Å². The summed E-state index contributed by atoms with van der Waals surface area (Å²) in [6.45, 7) is 6.60. The summed E-state index contributed by atoms with van der Waals surface area (Å²) in [5.41, 5.74) is 1.26. The van der Waals surface area contributed by atoms with Gasteiger partial charge in [0.25, 0.3) is 0 Å². The molecule has 1 fully saturated rings. The fourth-order valence-electron chi connectivity index (χ4n) is 3.03. The standard InChI is InChI=1S/C16H22O/c1-12-9-10-14(15(17)11-12)16(2,3)13-7-5-4-6-8-13/h4-8,12,14H,9-11H2,1-3H3/t12-,14-/m1/s1. The maximum Gasteiger partial charge on any atom is 0.137 e. The maximum atomic E-state index is 12.2. The first-order chi connectivity index (χ1) is 8.01. The highest BCUT2D eigenvalue weighted by atomic mass is 16.1. The summed E-state index contributed by atoms with van der Waals surface area (Å²) in [5.74, 6) is 1.23. The van der Waals surface area contributed by atoms with Crippen molar-refractivity contribution in [2.24, 2.45) is 11.8 Å². The Labute approximate surface area is 104 Å². The van der Waals surface area contributed by atoms with Gasteiger partial charge in [-0.15, -0.1) is 0 Å². The molecule has 0 spiro atoms. The Morgan fingerprint density at radius 3 is 2.35 bits per heavy atom. The van der Waals surface area contributed by atoms with Crippen molar-refractivity contribution in [1.82, 2.24) is 0 Å². The van der Waals surface area contributed by atoms with E-state index < -0.39 is 0 Å². The predicted octanol–water partition coefficient (Wildman–Crippen LogP) is 3.97. The van der Waals surface area contributed by atoms with E-state index in [0.717, 1.165) is 12.8 Å². The first-order valence-corrected chi connectivity index (χ1v) is 6.60. The lowest BCUT2D eigenvalue weighted by Gasteiger charge is -2.37. The summed E-state index contributed by atoms with van der Waals surface area (Å²) in [7, 11) is 0. The van der Waals surface area contributed by atoms with Crippen LogP contribution in [-0.4, -0.2) is 5.78 Å². The Hall–Kier alpha value is -1.11. The van der Waals surface area contributed by atoms with Gasteiger partial charge in [-0.25, -0.2) is 0 Å². The van der Waals surface area contributed by atoms with Crippen molar-refractivity contribution in [2.75, 3.05) is 0 Å². The molecule has 17 heavy (non-hydrogen) atoms. The van der Waals surface area contributed by atoms with Gasteiger partial charge in [-0.05, 0) is 29.7 Å². The van der Waals surface area contributed by atoms with Gasteiger partial charge in [0.05, 0.1) is 0 Å². The highest BCUT2D eigenvalue weighted by molar-refractivity contribution is 5.83. The molecule has 0 bridgehead atoms. The number of hydrogen-bond acceptors (Lipinski definition) is 1. The zero-order chi connectivity index (χ0) is 12.5. The van der Waals surface area contributed by atoms with Crippen LogP contribution in [0.1, 0.15) is 45.6 Å². The van der Waals surface area contributed by atoms with Crippen molar-refractivity contribution in [3.05, 3.63) is 35.9 Å². The van der Waals surface area contributed by atoms with Crippen LogP contribution < -0.4 is 0 Å². The highest BCUT2D eigenvalue weighted by Gasteiger charge is 2.38. The van der Waals surface area contributed by atoms with E-state index in [2.05, 4.69) is 45.0 Å². The van der Waals surface area contributed by atoms with E-state index in [1.165, 1.54) is 12.0 Å². The molecule has 1 aromatic rings. The van der Waals surface area contributed by atoms with Crippen molar-refractivity contribution in [3.8, 4) is 0 Å². The second kappa shape index (κ2) is 4.64. The Kier molecular flexibility index (Phi) is 3.37. The molecule has 0 saturated heterocycles. The van der Waals surface area contributed by atoms with Crippen LogP contribution in [0.3, 0.4) is 0 Å². The van der Waals surface area contributed by atoms with Crippen LogP contribution in [0, 0.1) is 11.8 Å². The molecular weight excluding hydrogens is 208 g/mol.